The Hall–Kier alpha value is -1.98. The van der Waals surface area contributed by atoms with Gasteiger partial charge in [0.05, 0.1) is 17.0 Å². The van der Waals surface area contributed by atoms with Crippen molar-refractivity contribution in [3.8, 4) is 0 Å². The third-order valence-electron chi connectivity index (χ3n) is 4.13. The molecular formula is C20H26F3N3O3S2. The molecule has 11 heteroatoms. The molecule has 0 saturated heterocycles. The predicted molar refractivity (Wildman–Crippen MR) is 113 cm³/mol. The van der Waals surface area contributed by atoms with E-state index in [4.69, 9.17) is 0 Å². The summed E-state index contributed by atoms with van der Waals surface area (Å²) in [5.74, 6) is -0.164. The number of carbonyl (C=O) groups is 1. The van der Waals surface area contributed by atoms with Crippen LogP contribution in [-0.2, 0) is 22.7 Å². The van der Waals surface area contributed by atoms with Gasteiger partial charge >= 0.3 is 6.18 Å². The molecule has 6 nitrogen and oxygen atoms in total. The Balaban J connectivity index is 2.29. The van der Waals surface area contributed by atoms with Crippen molar-refractivity contribution in [2.24, 2.45) is 11.8 Å². The Morgan fingerprint density at radius 3 is 2.45 bits per heavy atom. The molecule has 0 aliphatic carbocycles. The van der Waals surface area contributed by atoms with E-state index < -0.39 is 26.7 Å². The lowest BCUT2D eigenvalue weighted by Crippen LogP contribution is -2.34. The molecule has 0 aliphatic heterocycles. The summed E-state index contributed by atoms with van der Waals surface area (Å²) in [6.45, 7) is 7.95. The van der Waals surface area contributed by atoms with Crippen molar-refractivity contribution in [3.63, 3.8) is 0 Å². The van der Waals surface area contributed by atoms with Crippen LogP contribution in [0.2, 0.25) is 0 Å². The van der Waals surface area contributed by atoms with Gasteiger partial charge in [0.2, 0.25) is 10.0 Å². The molecule has 0 aliphatic rings. The summed E-state index contributed by atoms with van der Waals surface area (Å²) in [7, 11) is -4.21. The molecule has 0 spiro atoms. The van der Waals surface area contributed by atoms with E-state index in [0.717, 1.165) is 33.8 Å². The van der Waals surface area contributed by atoms with Crippen molar-refractivity contribution >= 4 is 27.3 Å². The average molecular weight is 478 g/mol. The molecule has 0 fully saturated rings. The molecule has 1 aromatic carbocycles. The number of hydrogen-bond acceptors (Lipinski definition) is 5. The van der Waals surface area contributed by atoms with Gasteiger partial charge in [-0.2, -0.15) is 17.5 Å². The smallest absolute Gasteiger partial charge is 0.350 e. The first-order valence-electron chi connectivity index (χ1n) is 9.70. The largest absolute Gasteiger partial charge is 0.416 e. The Morgan fingerprint density at radius 2 is 1.87 bits per heavy atom. The van der Waals surface area contributed by atoms with E-state index in [9.17, 15) is 26.4 Å². The van der Waals surface area contributed by atoms with Crippen LogP contribution in [0.25, 0.3) is 0 Å². The fourth-order valence-electron chi connectivity index (χ4n) is 2.66. The molecule has 2 rings (SSSR count). The standard InChI is InChI=1S/C20H26F3N3O3S2/c1-13(2)9-24-19(27)17-12-30-18(25-17)11-26(10-14(3)4)31(28,29)16-7-5-6-15(8-16)20(21,22)23/h5-8,12-14H,9-11H2,1-4H3,(H,24,27). The number of rotatable bonds is 9. The minimum Gasteiger partial charge on any atom is -0.350 e. The summed E-state index contributed by atoms with van der Waals surface area (Å²) in [5, 5.41) is 4.66. The maximum absolute atomic E-state index is 13.1. The molecule has 172 valence electrons. The van der Waals surface area contributed by atoms with Gasteiger partial charge in [0.25, 0.3) is 5.91 Å². The second-order valence-electron chi connectivity index (χ2n) is 7.95. The number of carbonyl (C=O) groups excluding carboxylic acids is 1. The monoisotopic (exact) mass is 477 g/mol. The van der Waals surface area contributed by atoms with Gasteiger partial charge in [-0.05, 0) is 30.0 Å². The number of nitrogens with one attached hydrogen (secondary N) is 1. The lowest BCUT2D eigenvalue weighted by Gasteiger charge is -2.23. The second kappa shape index (κ2) is 10.1. The Morgan fingerprint density at radius 1 is 1.19 bits per heavy atom. The molecule has 1 aromatic heterocycles. The van der Waals surface area contributed by atoms with Crippen molar-refractivity contribution in [1.29, 1.82) is 0 Å². The lowest BCUT2D eigenvalue weighted by molar-refractivity contribution is -0.137. The molecule has 0 radical (unpaired) electrons. The number of hydrogen-bond donors (Lipinski definition) is 1. The van der Waals surface area contributed by atoms with Crippen LogP contribution in [0.15, 0.2) is 34.5 Å². The number of alkyl halides is 3. The topological polar surface area (TPSA) is 79.4 Å². The second-order valence-corrected chi connectivity index (χ2v) is 10.8. The number of halogens is 3. The van der Waals surface area contributed by atoms with Crippen molar-refractivity contribution in [3.05, 3.63) is 45.9 Å². The highest BCUT2D eigenvalue weighted by Gasteiger charge is 2.33. The summed E-state index contributed by atoms with van der Waals surface area (Å²) in [6.07, 6.45) is -4.65. The van der Waals surface area contributed by atoms with Crippen molar-refractivity contribution in [2.45, 2.75) is 45.3 Å². The Kier molecular flexibility index (Phi) is 8.23. The maximum Gasteiger partial charge on any atom is 0.416 e. The molecule has 0 saturated carbocycles. The number of thiazole rings is 1. The molecule has 1 amide bonds. The average Bonchev–Trinajstić information content (AvgIpc) is 3.13. The van der Waals surface area contributed by atoms with E-state index in [0.29, 0.717) is 17.6 Å². The Labute approximate surface area is 184 Å². The maximum atomic E-state index is 13.1. The van der Waals surface area contributed by atoms with E-state index >= 15 is 0 Å². The van der Waals surface area contributed by atoms with E-state index in [1.54, 1.807) is 13.8 Å². The van der Waals surface area contributed by atoms with Crippen molar-refractivity contribution < 1.29 is 26.4 Å². The van der Waals surface area contributed by atoms with Crippen LogP contribution in [0, 0.1) is 11.8 Å². The molecule has 1 heterocycles. The zero-order chi connectivity index (χ0) is 23.4. The third kappa shape index (κ3) is 7.01. The van der Waals surface area contributed by atoms with Crippen molar-refractivity contribution in [1.82, 2.24) is 14.6 Å². The first-order chi connectivity index (χ1) is 14.3. The van der Waals surface area contributed by atoms with Gasteiger partial charge in [-0.25, -0.2) is 13.4 Å². The molecule has 0 bridgehead atoms. The molecule has 0 atom stereocenters. The van der Waals surface area contributed by atoms with E-state index in [1.807, 2.05) is 13.8 Å². The van der Waals surface area contributed by atoms with Gasteiger partial charge in [0, 0.05) is 18.5 Å². The molecule has 0 unspecified atom stereocenters. The van der Waals surface area contributed by atoms with Gasteiger partial charge in [-0.1, -0.05) is 33.8 Å². The SMILES string of the molecule is CC(C)CNC(=O)c1csc(CN(CC(C)C)S(=O)(=O)c2cccc(C(F)(F)F)c2)n1. The van der Waals surface area contributed by atoms with E-state index in [-0.39, 0.29) is 36.5 Å². The lowest BCUT2D eigenvalue weighted by atomic mass is 10.2. The van der Waals surface area contributed by atoms with Gasteiger partial charge in [-0.15, -0.1) is 11.3 Å². The first kappa shape index (κ1) is 25.3. The molecule has 31 heavy (non-hydrogen) atoms. The highest BCUT2D eigenvalue weighted by atomic mass is 32.2. The van der Waals surface area contributed by atoms with Crippen LogP contribution in [0.5, 0.6) is 0 Å². The number of nitrogens with zero attached hydrogens (tertiary/aromatic N) is 2. The third-order valence-corrected chi connectivity index (χ3v) is 6.78. The summed E-state index contributed by atoms with van der Waals surface area (Å²) in [4.78, 5) is 16.0. The molecular weight excluding hydrogens is 451 g/mol. The van der Waals surface area contributed by atoms with Gasteiger partial charge in [0.1, 0.15) is 10.7 Å². The number of aromatic nitrogens is 1. The summed E-state index contributed by atoms with van der Waals surface area (Å²) >= 11 is 1.13. The van der Waals surface area contributed by atoms with Crippen LogP contribution in [0.4, 0.5) is 13.2 Å². The van der Waals surface area contributed by atoms with Gasteiger partial charge in [-0.3, -0.25) is 4.79 Å². The van der Waals surface area contributed by atoms with E-state index in [2.05, 4.69) is 10.3 Å². The minimum atomic E-state index is -4.65. The molecule has 2 aromatic rings. The quantitative estimate of drug-likeness (QED) is 0.581. The first-order valence-corrected chi connectivity index (χ1v) is 12.0. The fourth-order valence-corrected chi connectivity index (χ4v) is 5.14. The van der Waals surface area contributed by atoms with Crippen LogP contribution in [-0.4, -0.2) is 36.7 Å². The highest BCUT2D eigenvalue weighted by Crippen LogP contribution is 2.31. The fraction of sp³-hybridized carbons (Fsp3) is 0.500. The van der Waals surface area contributed by atoms with Gasteiger partial charge < -0.3 is 5.32 Å². The zero-order valence-corrected chi connectivity index (χ0v) is 19.4. The summed E-state index contributed by atoms with van der Waals surface area (Å²) in [5.41, 5.74) is -0.849. The van der Waals surface area contributed by atoms with Crippen LogP contribution in [0.1, 0.15) is 48.8 Å². The molecule has 1 N–H and O–H groups in total. The van der Waals surface area contributed by atoms with E-state index in [1.165, 1.54) is 5.38 Å². The summed E-state index contributed by atoms with van der Waals surface area (Å²) in [6, 6.07) is 3.68. The zero-order valence-electron chi connectivity index (χ0n) is 17.7. The van der Waals surface area contributed by atoms with Crippen molar-refractivity contribution in [2.75, 3.05) is 13.1 Å². The predicted octanol–water partition coefficient (Wildman–Crippen LogP) is 4.39. The number of benzene rings is 1. The van der Waals surface area contributed by atoms with Crippen LogP contribution in [0.3, 0.4) is 0 Å². The summed E-state index contributed by atoms with van der Waals surface area (Å²) < 4.78 is 66.5. The van der Waals surface area contributed by atoms with Crippen LogP contribution >= 0.6 is 11.3 Å². The number of amides is 1. The minimum absolute atomic E-state index is 0.0747. The normalized spacial score (nSPS) is 12.7. The highest BCUT2D eigenvalue weighted by molar-refractivity contribution is 7.89. The number of sulfonamides is 1. The van der Waals surface area contributed by atoms with Crippen LogP contribution < -0.4 is 5.32 Å². The Bertz CT molecular complexity index is 1000. The van der Waals surface area contributed by atoms with Gasteiger partial charge in [0.15, 0.2) is 0 Å².